The van der Waals surface area contributed by atoms with Crippen molar-refractivity contribution in [1.29, 1.82) is 0 Å². The largest absolute Gasteiger partial charge is 0.459 e. The van der Waals surface area contributed by atoms with Gasteiger partial charge in [0.2, 0.25) is 0 Å². The zero-order chi connectivity index (χ0) is 21.5. The molecule has 0 unspecified atom stereocenters. The number of benzene rings is 2. The number of hydrogen-bond donors (Lipinski definition) is 1. The molecule has 1 saturated heterocycles. The van der Waals surface area contributed by atoms with Crippen LogP contribution in [-0.2, 0) is 23.7 Å². The molecule has 1 heterocycles. The van der Waals surface area contributed by atoms with Crippen molar-refractivity contribution in [2.75, 3.05) is 6.61 Å². The molecule has 3 rings (SSSR count). The van der Waals surface area contributed by atoms with Crippen molar-refractivity contribution < 1.29 is 38.4 Å². The fraction of sp³-hybridized carbons (Fsp3) is 0.318. The molecular weight excluding hydrogens is 392 g/mol. The van der Waals surface area contributed by atoms with Gasteiger partial charge in [0, 0.05) is 13.3 Å². The molecule has 8 nitrogen and oxygen atoms in total. The van der Waals surface area contributed by atoms with Crippen molar-refractivity contribution >= 4 is 17.9 Å². The third kappa shape index (κ3) is 5.65. The molecule has 1 fully saturated rings. The van der Waals surface area contributed by atoms with Gasteiger partial charge in [-0.1, -0.05) is 36.4 Å². The lowest BCUT2D eigenvalue weighted by molar-refractivity contribution is -0.255. The van der Waals surface area contributed by atoms with Crippen LogP contribution in [0.5, 0.6) is 0 Å². The maximum absolute atomic E-state index is 12.3. The Morgan fingerprint density at radius 1 is 0.900 bits per heavy atom. The first-order valence-electron chi connectivity index (χ1n) is 9.43. The summed E-state index contributed by atoms with van der Waals surface area (Å²) in [5, 5.41) is 10.3. The maximum Gasteiger partial charge on any atom is 0.338 e. The summed E-state index contributed by atoms with van der Waals surface area (Å²) in [4.78, 5) is 35.9. The van der Waals surface area contributed by atoms with Crippen molar-refractivity contribution in [3.05, 3.63) is 71.8 Å². The minimum Gasteiger partial charge on any atom is -0.459 e. The fourth-order valence-corrected chi connectivity index (χ4v) is 3.04. The lowest BCUT2D eigenvalue weighted by atomic mass is 10.0. The van der Waals surface area contributed by atoms with Crippen LogP contribution in [0.15, 0.2) is 60.7 Å². The van der Waals surface area contributed by atoms with Gasteiger partial charge < -0.3 is 24.1 Å². The van der Waals surface area contributed by atoms with E-state index in [1.807, 2.05) is 0 Å². The molecule has 0 amide bonds. The highest BCUT2D eigenvalue weighted by Gasteiger charge is 2.42. The van der Waals surface area contributed by atoms with E-state index >= 15 is 0 Å². The molecule has 0 saturated carbocycles. The Hall–Kier alpha value is -3.23. The summed E-state index contributed by atoms with van der Waals surface area (Å²) in [6, 6.07) is 16.6. The Kier molecular flexibility index (Phi) is 7.16. The summed E-state index contributed by atoms with van der Waals surface area (Å²) >= 11 is 0. The maximum atomic E-state index is 12.3. The summed E-state index contributed by atoms with van der Waals surface area (Å²) in [6.07, 6.45) is -4.31. The van der Waals surface area contributed by atoms with Gasteiger partial charge in [-0.25, -0.2) is 9.59 Å². The van der Waals surface area contributed by atoms with Crippen molar-refractivity contribution in [2.24, 2.45) is 0 Å². The van der Waals surface area contributed by atoms with Crippen LogP contribution in [-0.4, -0.2) is 54.2 Å². The number of hydrogen-bond acceptors (Lipinski definition) is 8. The fourth-order valence-electron chi connectivity index (χ4n) is 3.04. The number of carbonyl (C=O) groups is 3. The van der Waals surface area contributed by atoms with E-state index in [-0.39, 0.29) is 13.0 Å². The SMILES string of the molecule is CC(=O)O[C@@H]1C[C@@H](OC(=O)c2ccccc2)[C@@H](O)O[C@@H]1COC(=O)c1ccccc1. The highest BCUT2D eigenvalue weighted by molar-refractivity contribution is 5.89. The molecule has 158 valence electrons. The van der Waals surface area contributed by atoms with Crippen LogP contribution in [0.3, 0.4) is 0 Å². The van der Waals surface area contributed by atoms with E-state index in [0.717, 1.165) is 0 Å². The van der Waals surface area contributed by atoms with Gasteiger partial charge in [0.05, 0.1) is 11.1 Å². The van der Waals surface area contributed by atoms with Crippen LogP contribution in [0, 0.1) is 0 Å². The quantitative estimate of drug-likeness (QED) is 0.566. The molecule has 1 N–H and O–H groups in total. The third-order valence-corrected chi connectivity index (χ3v) is 4.48. The highest BCUT2D eigenvalue weighted by Crippen LogP contribution is 2.25. The molecule has 1 aliphatic heterocycles. The number of carbonyl (C=O) groups excluding carboxylic acids is 3. The van der Waals surface area contributed by atoms with E-state index in [9.17, 15) is 19.5 Å². The highest BCUT2D eigenvalue weighted by atomic mass is 16.7. The zero-order valence-electron chi connectivity index (χ0n) is 16.3. The van der Waals surface area contributed by atoms with Crippen LogP contribution in [0.1, 0.15) is 34.1 Å². The van der Waals surface area contributed by atoms with Crippen LogP contribution >= 0.6 is 0 Å². The Labute approximate surface area is 173 Å². The average Bonchev–Trinajstić information content (AvgIpc) is 2.75. The Morgan fingerprint density at radius 2 is 1.47 bits per heavy atom. The van der Waals surface area contributed by atoms with Crippen LogP contribution in [0.25, 0.3) is 0 Å². The molecule has 0 bridgehead atoms. The lowest BCUT2D eigenvalue weighted by Crippen LogP contribution is -2.52. The first-order chi connectivity index (χ1) is 14.4. The van der Waals surface area contributed by atoms with Crippen molar-refractivity contribution in [3.8, 4) is 0 Å². The van der Waals surface area contributed by atoms with Gasteiger partial charge in [0.15, 0.2) is 12.4 Å². The predicted molar refractivity (Wildman–Crippen MR) is 103 cm³/mol. The molecule has 0 radical (unpaired) electrons. The lowest BCUT2D eigenvalue weighted by Gasteiger charge is -2.37. The normalized spacial score (nSPS) is 23.3. The van der Waals surface area contributed by atoms with Gasteiger partial charge >= 0.3 is 17.9 Å². The monoisotopic (exact) mass is 414 g/mol. The summed E-state index contributed by atoms with van der Waals surface area (Å²) < 4.78 is 21.3. The molecule has 2 aromatic carbocycles. The van der Waals surface area contributed by atoms with Crippen LogP contribution < -0.4 is 0 Å². The molecular formula is C22H22O8. The average molecular weight is 414 g/mol. The molecule has 2 aromatic rings. The molecule has 4 atom stereocenters. The van der Waals surface area contributed by atoms with E-state index in [1.165, 1.54) is 6.92 Å². The molecule has 1 aliphatic rings. The second kappa shape index (κ2) is 10.00. The van der Waals surface area contributed by atoms with Crippen LogP contribution in [0.2, 0.25) is 0 Å². The summed E-state index contributed by atoms with van der Waals surface area (Å²) in [6.45, 7) is 0.977. The van der Waals surface area contributed by atoms with Crippen molar-refractivity contribution in [1.82, 2.24) is 0 Å². The number of ether oxygens (including phenoxy) is 4. The predicted octanol–water partition coefficient (Wildman–Crippen LogP) is 2.11. The summed E-state index contributed by atoms with van der Waals surface area (Å²) in [7, 11) is 0. The third-order valence-electron chi connectivity index (χ3n) is 4.48. The van der Waals surface area contributed by atoms with Crippen LogP contribution in [0.4, 0.5) is 0 Å². The molecule has 0 spiro atoms. The zero-order valence-corrected chi connectivity index (χ0v) is 16.3. The first kappa shape index (κ1) is 21.5. The van der Waals surface area contributed by atoms with Gasteiger partial charge in [-0.15, -0.1) is 0 Å². The summed E-state index contributed by atoms with van der Waals surface area (Å²) in [5.74, 6) is -1.79. The molecule has 0 aromatic heterocycles. The second-order valence-electron chi connectivity index (χ2n) is 6.72. The Balaban J connectivity index is 1.63. The molecule has 0 aliphatic carbocycles. The minimum atomic E-state index is -1.47. The Bertz CT molecular complexity index is 867. The summed E-state index contributed by atoms with van der Waals surface area (Å²) in [5.41, 5.74) is 0.667. The van der Waals surface area contributed by atoms with E-state index < -0.39 is 42.5 Å². The number of aliphatic hydroxyl groups is 1. The van der Waals surface area contributed by atoms with E-state index in [0.29, 0.717) is 11.1 Å². The Morgan fingerprint density at radius 3 is 2.03 bits per heavy atom. The second-order valence-corrected chi connectivity index (χ2v) is 6.72. The minimum absolute atomic E-state index is 0.00707. The van der Waals surface area contributed by atoms with Gasteiger partial charge in [-0.3, -0.25) is 4.79 Å². The van der Waals surface area contributed by atoms with Gasteiger partial charge in [-0.05, 0) is 24.3 Å². The van der Waals surface area contributed by atoms with E-state index in [4.69, 9.17) is 18.9 Å². The molecule has 8 heteroatoms. The number of esters is 3. The van der Waals surface area contributed by atoms with Crippen molar-refractivity contribution in [2.45, 2.75) is 37.9 Å². The number of aliphatic hydroxyl groups excluding tert-OH is 1. The smallest absolute Gasteiger partial charge is 0.338 e. The van der Waals surface area contributed by atoms with Gasteiger partial charge in [-0.2, -0.15) is 0 Å². The molecule has 30 heavy (non-hydrogen) atoms. The van der Waals surface area contributed by atoms with Gasteiger partial charge in [0.1, 0.15) is 18.8 Å². The topological polar surface area (TPSA) is 108 Å². The first-order valence-corrected chi connectivity index (χ1v) is 9.43. The van der Waals surface area contributed by atoms with E-state index in [2.05, 4.69) is 0 Å². The van der Waals surface area contributed by atoms with E-state index in [1.54, 1.807) is 60.7 Å². The van der Waals surface area contributed by atoms with Crippen molar-refractivity contribution in [3.63, 3.8) is 0 Å². The standard InChI is InChI=1S/C22H22O8/c1-14(23)28-17-12-18(29-21(25)16-10-6-3-7-11-16)22(26)30-19(17)13-27-20(24)15-8-4-2-5-9-15/h2-11,17-19,22,26H,12-13H2,1H3/t17-,18-,19-,22+/m1/s1. The van der Waals surface area contributed by atoms with Gasteiger partial charge in [0.25, 0.3) is 0 Å². The number of rotatable bonds is 6.